The topological polar surface area (TPSA) is 51.2 Å². The van der Waals surface area contributed by atoms with Crippen LogP contribution in [0.2, 0.25) is 5.02 Å². The number of nitrogens with zero attached hydrogens (tertiary/aromatic N) is 1. The Bertz CT molecular complexity index is 1180. The van der Waals surface area contributed by atoms with Crippen molar-refractivity contribution in [3.63, 3.8) is 0 Å². The van der Waals surface area contributed by atoms with Gasteiger partial charge in [-0.3, -0.25) is 4.79 Å². The van der Waals surface area contributed by atoms with Gasteiger partial charge in [-0.1, -0.05) is 48.0 Å². The lowest BCUT2D eigenvalue weighted by atomic mass is 10.2. The van der Waals surface area contributed by atoms with Crippen molar-refractivity contribution in [3.8, 4) is 16.3 Å². The molecular weight excluding hydrogens is 435 g/mol. The highest BCUT2D eigenvalue weighted by Gasteiger charge is 2.15. The highest BCUT2D eigenvalue weighted by Crippen LogP contribution is 2.32. The van der Waals surface area contributed by atoms with E-state index in [9.17, 15) is 9.18 Å². The Morgan fingerprint density at radius 1 is 1.00 bits per heavy atom. The van der Waals surface area contributed by atoms with E-state index >= 15 is 0 Å². The predicted molar refractivity (Wildman–Crippen MR) is 121 cm³/mol. The number of rotatable bonds is 7. The Labute approximate surface area is 188 Å². The van der Waals surface area contributed by atoms with Gasteiger partial charge in [0, 0.05) is 16.9 Å². The monoisotopic (exact) mass is 452 g/mol. The molecule has 3 aromatic carbocycles. The van der Waals surface area contributed by atoms with Crippen LogP contribution in [0, 0.1) is 5.82 Å². The molecule has 1 aromatic heterocycles. The molecule has 4 nitrogen and oxygen atoms in total. The summed E-state index contributed by atoms with van der Waals surface area (Å²) in [7, 11) is 0. The van der Waals surface area contributed by atoms with Gasteiger partial charge < -0.3 is 10.1 Å². The van der Waals surface area contributed by atoms with Gasteiger partial charge in [0.2, 0.25) is 0 Å². The van der Waals surface area contributed by atoms with E-state index in [1.54, 1.807) is 17.5 Å². The fourth-order valence-electron chi connectivity index (χ4n) is 2.89. The molecule has 0 saturated heterocycles. The lowest BCUT2D eigenvalue weighted by molar-refractivity contribution is 0.0946. The number of nitrogens with one attached hydrogen (secondary N) is 1. The summed E-state index contributed by atoms with van der Waals surface area (Å²) in [6.07, 6.45) is 0. The van der Waals surface area contributed by atoms with E-state index in [1.165, 1.54) is 23.5 Å². The molecule has 0 spiro atoms. The number of ether oxygens (including phenoxy) is 1. The van der Waals surface area contributed by atoms with Gasteiger partial charge in [0.05, 0.1) is 5.56 Å². The molecule has 7 heteroatoms. The van der Waals surface area contributed by atoms with E-state index < -0.39 is 0 Å². The Balaban J connectivity index is 1.44. The zero-order valence-electron chi connectivity index (χ0n) is 16.3. The van der Waals surface area contributed by atoms with Gasteiger partial charge in [-0.25, -0.2) is 9.37 Å². The largest absolute Gasteiger partial charge is 0.488 e. The van der Waals surface area contributed by atoms with Gasteiger partial charge in [-0.15, -0.1) is 11.3 Å². The first-order valence-corrected chi connectivity index (χ1v) is 10.8. The minimum Gasteiger partial charge on any atom is -0.488 e. The first-order valence-electron chi connectivity index (χ1n) is 9.53. The van der Waals surface area contributed by atoms with Crippen LogP contribution in [0.3, 0.4) is 0 Å². The molecule has 1 N–H and O–H groups in total. The summed E-state index contributed by atoms with van der Waals surface area (Å²) >= 11 is 7.30. The SMILES string of the molecule is O=C(NCc1ccc(F)cc1)c1csc(-c2ccccc2OCc2ccc(Cl)cc2)n1. The Morgan fingerprint density at radius 3 is 2.48 bits per heavy atom. The maximum Gasteiger partial charge on any atom is 0.271 e. The highest BCUT2D eigenvalue weighted by molar-refractivity contribution is 7.13. The molecule has 0 atom stereocenters. The summed E-state index contributed by atoms with van der Waals surface area (Å²) in [5, 5.41) is 5.89. The van der Waals surface area contributed by atoms with Gasteiger partial charge in [-0.05, 0) is 47.5 Å². The van der Waals surface area contributed by atoms with Gasteiger partial charge in [0.25, 0.3) is 5.91 Å². The number of hydrogen-bond acceptors (Lipinski definition) is 4. The van der Waals surface area contributed by atoms with Crippen LogP contribution in [0.15, 0.2) is 78.2 Å². The molecule has 1 heterocycles. The molecule has 0 aliphatic carbocycles. The standard InChI is InChI=1S/C24H18ClFN2O2S/c25-18-9-5-17(6-10-18)14-30-22-4-2-1-3-20(22)24-28-21(15-31-24)23(29)27-13-16-7-11-19(26)12-8-16/h1-12,15H,13-14H2,(H,27,29). The average molecular weight is 453 g/mol. The van der Waals surface area contributed by atoms with Crippen molar-refractivity contribution in [2.75, 3.05) is 0 Å². The van der Waals surface area contributed by atoms with E-state index in [2.05, 4.69) is 10.3 Å². The van der Waals surface area contributed by atoms with Crippen LogP contribution in [0.25, 0.3) is 10.6 Å². The van der Waals surface area contributed by atoms with E-state index in [0.29, 0.717) is 34.6 Å². The minimum atomic E-state index is -0.309. The summed E-state index contributed by atoms with van der Waals surface area (Å²) in [6, 6.07) is 21.1. The number of carbonyl (C=O) groups excluding carboxylic acids is 1. The van der Waals surface area contributed by atoms with Gasteiger partial charge >= 0.3 is 0 Å². The molecule has 0 aliphatic heterocycles. The first-order chi connectivity index (χ1) is 15.1. The van der Waals surface area contributed by atoms with Crippen LogP contribution >= 0.6 is 22.9 Å². The first kappa shape index (κ1) is 21.0. The van der Waals surface area contributed by atoms with Crippen molar-refractivity contribution in [1.82, 2.24) is 10.3 Å². The number of hydrogen-bond donors (Lipinski definition) is 1. The summed E-state index contributed by atoms with van der Waals surface area (Å²) in [5.74, 6) is 0.0904. The molecule has 0 bridgehead atoms. The van der Waals surface area contributed by atoms with Crippen LogP contribution in [-0.4, -0.2) is 10.9 Å². The molecule has 4 aromatic rings. The van der Waals surface area contributed by atoms with Crippen molar-refractivity contribution in [2.24, 2.45) is 0 Å². The molecule has 0 aliphatic rings. The van der Waals surface area contributed by atoms with Crippen molar-refractivity contribution in [3.05, 3.63) is 106 Å². The Morgan fingerprint density at radius 2 is 1.71 bits per heavy atom. The molecule has 0 radical (unpaired) electrons. The molecule has 156 valence electrons. The molecule has 4 rings (SSSR count). The van der Waals surface area contributed by atoms with Crippen LogP contribution in [0.1, 0.15) is 21.6 Å². The summed E-state index contributed by atoms with van der Waals surface area (Å²) in [6.45, 7) is 0.692. The average Bonchev–Trinajstić information content (AvgIpc) is 3.29. The molecule has 0 saturated carbocycles. The van der Waals surface area contributed by atoms with Crippen LogP contribution in [-0.2, 0) is 13.2 Å². The second-order valence-electron chi connectivity index (χ2n) is 6.76. The quantitative estimate of drug-likeness (QED) is 0.368. The molecular formula is C24H18ClFN2O2S. The summed E-state index contributed by atoms with van der Waals surface area (Å²) in [4.78, 5) is 17.0. The normalized spacial score (nSPS) is 10.6. The number of halogens is 2. The fraction of sp³-hybridized carbons (Fsp3) is 0.0833. The van der Waals surface area contributed by atoms with Crippen molar-refractivity contribution in [2.45, 2.75) is 13.2 Å². The van der Waals surface area contributed by atoms with Crippen LogP contribution < -0.4 is 10.1 Å². The number of thiazole rings is 1. The van der Waals surface area contributed by atoms with Gasteiger partial charge in [-0.2, -0.15) is 0 Å². The minimum absolute atomic E-state index is 0.286. The molecule has 31 heavy (non-hydrogen) atoms. The molecule has 1 amide bonds. The molecule has 0 fully saturated rings. The zero-order chi connectivity index (χ0) is 21.6. The maximum absolute atomic E-state index is 13.0. The number of carbonyl (C=O) groups is 1. The summed E-state index contributed by atoms with van der Waals surface area (Å²) < 4.78 is 19.0. The van der Waals surface area contributed by atoms with Crippen LogP contribution in [0.5, 0.6) is 5.75 Å². The van der Waals surface area contributed by atoms with E-state index in [1.807, 2.05) is 48.5 Å². The van der Waals surface area contributed by atoms with E-state index in [4.69, 9.17) is 16.3 Å². The third-order valence-electron chi connectivity index (χ3n) is 4.53. The Kier molecular flexibility index (Phi) is 6.60. The lowest BCUT2D eigenvalue weighted by Crippen LogP contribution is -2.23. The number of benzene rings is 3. The van der Waals surface area contributed by atoms with Gasteiger partial charge in [0.15, 0.2) is 0 Å². The lowest BCUT2D eigenvalue weighted by Gasteiger charge is -2.10. The van der Waals surface area contributed by atoms with Crippen molar-refractivity contribution >= 4 is 28.8 Å². The van der Waals surface area contributed by atoms with Crippen molar-refractivity contribution < 1.29 is 13.9 Å². The van der Waals surface area contributed by atoms with Crippen LogP contribution in [0.4, 0.5) is 4.39 Å². The number of para-hydroxylation sites is 1. The smallest absolute Gasteiger partial charge is 0.271 e. The second kappa shape index (κ2) is 9.73. The Hall–Kier alpha value is -3.22. The van der Waals surface area contributed by atoms with E-state index in [-0.39, 0.29) is 11.7 Å². The fourth-order valence-corrected chi connectivity index (χ4v) is 3.84. The van der Waals surface area contributed by atoms with Gasteiger partial charge in [0.1, 0.15) is 28.9 Å². The third kappa shape index (κ3) is 5.48. The predicted octanol–water partition coefficient (Wildman–Crippen LogP) is 6.11. The number of amides is 1. The second-order valence-corrected chi connectivity index (χ2v) is 8.05. The van der Waals surface area contributed by atoms with Crippen molar-refractivity contribution in [1.29, 1.82) is 0 Å². The number of aromatic nitrogens is 1. The molecule has 0 unspecified atom stereocenters. The summed E-state index contributed by atoms with van der Waals surface area (Å²) in [5.41, 5.74) is 2.96. The zero-order valence-corrected chi connectivity index (χ0v) is 17.9. The highest BCUT2D eigenvalue weighted by atomic mass is 35.5. The third-order valence-corrected chi connectivity index (χ3v) is 5.66. The maximum atomic E-state index is 13.0. The van der Waals surface area contributed by atoms with E-state index in [0.717, 1.165) is 16.7 Å².